The molecule has 1 N–H and O–H groups in total. The van der Waals surface area contributed by atoms with E-state index in [1.807, 2.05) is 69.3 Å². The molecule has 0 bridgehead atoms. The highest BCUT2D eigenvalue weighted by Gasteiger charge is 2.11. The van der Waals surface area contributed by atoms with Crippen molar-refractivity contribution in [3.8, 4) is 11.5 Å². The zero-order valence-electron chi connectivity index (χ0n) is 15.3. The Labute approximate surface area is 149 Å². The number of nitrogens with zero attached hydrogens (tertiary/aromatic N) is 1. The van der Waals surface area contributed by atoms with Gasteiger partial charge < -0.3 is 14.8 Å². The number of urea groups is 1. The third kappa shape index (κ3) is 6.03. The molecule has 0 atom stereocenters. The maximum Gasteiger partial charge on any atom is 0.321 e. The first kappa shape index (κ1) is 18.6. The van der Waals surface area contributed by atoms with Gasteiger partial charge in [0.25, 0.3) is 0 Å². The van der Waals surface area contributed by atoms with Gasteiger partial charge in [0.1, 0.15) is 24.7 Å². The van der Waals surface area contributed by atoms with Crippen LogP contribution >= 0.6 is 0 Å². The van der Waals surface area contributed by atoms with Gasteiger partial charge in [-0.05, 0) is 57.2 Å². The summed E-state index contributed by atoms with van der Waals surface area (Å²) in [6.45, 7) is 6.83. The molecule has 0 unspecified atom stereocenters. The van der Waals surface area contributed by atoms with Gasteiger partial charge in [-0.3, -0.25) is 4.90 Å². The lowest BCUT2D eigenvalue weighted by Gasteiger charge is -2.20. The van der Waals surface area contributed by atoms with E-state index < -0.39 is 0 Å². The molecule has 2 rings (SSSR count). The van der Waals surface area contributed by atoms with Crippen molar-refractivity contribution in [2.45, 2.75) is 26.8 Å². The van der Waals surface area contributed by atoms with Crippen LogP contribution < -0.4 is 19.7 Å². The van der Waals surface area contributed by atoms with Gasteiger partial charge in [0.15, 0.2) is 0 Å². The van der Waals surface area contributed by atoms with Gasteiger partial charge in [0.2, 0.25) is 0 Å². The normalized spacial score (nSPS) is 10.4. The number of benzene rings is 2. The number of nitrogens with one attached hydrogen (secondary N) is 1. The molecular formula is C20H26N2O3. The largest absolute Gasteiger partial charge is 0.490 e. The summed E-state index contributed by atoms with van der Waals surface area (Å²) in [6.07, 6.45) is 0. The zero-order valence-corrected chi connectivity index (χ0v) is 15.3. The highest BCUT2D eigenvalue weighted by atomic mass is 16.5. The molecule has 2 amide bonds. The molecule has 2 aromatic carbocycles. The summed E-state index contributed by atoms with van der Waals surface area (Å²) in [5, 5.41) is 2.86. The quantitative estimate of drug-likeness (QED) is 0.774. The first-order valence-corrected chi connectivity index (χ1v) is 8.42. The van der Waals surface area contributed by atoms with Crippen molar-refractivity contribution in [1.82, 2.24) is 5.32 Å². The first-order chi connectivity index (χ1) is 12.0. The molecule has 134 valence electrons. The number of amides is 2. The summed E-state index contributed by atoms with van der Waals surface area (Å²) >= 11 is 0. The van der Waals surface area contributed by atoms with Crippen LogP contribution in [0.25, 0.3) is 0 Å². The van der Waals surface area contributed by atoms with E-state index >= 15 is 0 Å². The van der Waals surface area contributed by atoms with Gasteiger partial charge in [0.05, 0.1) is 0 Å². The third-order valence-electron chi connectivity index (χ3n) is 3.58. The Morgan fingerprint density at radius 1 is 0.960 bits per heavy atom. The molecule has 5 nitrogen and oxygen atoms in total. The van der Waals surface area contributed by atoms with E-state index in [0.29, 0.717) is 13.2 Å². The Morgan fingerprint density at radius 3 is 1.92 bits per heavy atom. The predicted octanol–water partition coefficient (Wildman–Crippen LogP) is 4.01. The Bertz CT molecular complexity index is 666. The van der Waals surface area contributed by atoms with Crippen LogP contribution in [-0.4, -0.2) is 32.3 Å². The molecule has 0 saturated heterocycles. The van der Waals surface area contributed by atoms with Crippen LogP contribution in [0.3, 0.4) is 0 Å². The van der Waals surface area contributed by atoms with Crippen molar-refractivity contribution in [3.05, 3.63) is 54.1 Å². The second-order valence-electron chi connectivity index (χ2n) is 6.17. The highest BCUT2D eigenvalue weighted by Crippen LogP contribution is 2.19. The maximum atomic E-state index is 12.0. The van der Waals surface area contributed by atoms with Gasteiger partial charge in [-0.15, -0.1) is 0 Å². The number of aryl methyl sites for hydroxylation is 1. The molecule has 0 aliphatic heterocycles. The molecule has 0 saturated carbocycles. The molecule has 0 aromatic heterocycles. The van der Waals surface area contributed by atoms with Crippen molar-refractivity contribution in [1.29, 1.82) is 0 Å². The van der Waals surface area contributed by atoms with Gasteiger partial charge >= 0.3 is 6.03 Å². The van der Waals surface area contributed by atoms with E-state index in [-0.39, 0.29) is 12.1 Å². The molecule has 0 heterocycles. The lowest BCUT2D eigenvalue weighted by molar-refractivity contribution is 0.217. The molecule has 5 heteroatoms. The monoisotopic (exact) mass is 342 g/mol. The second-order valence-corrected chi connectivity index (χ2v) is 6.17. The van der Waals surface area contributed by atoms with Crippen LogP contribution in [0.2, 0.25) is 0 Å². The van der Waals surface area contributed by atoms with Crippen molar-refractivity contribution in [3.63, 3.8) is 0 Å². The maximum absolute atomic E-state index is 12.0. The Hall–Kier alpha value is -2.69. The summed E-state index contributed by atoms with van der Waals surface area (Å²) in [6, 6.07) is 15.3. The summed E-state index contributed by atoms with van der Waals surface area (Å²) < 4.78 is 11.3. The highest BCUT2D eigenvalue weighted by molar-refractivity contribution is 5.91. The minimum Gasteiger partial charge on any atom is -0.490 e. The van der Waals surface area contributed by atoms with E-state index in [1.165, 1.54) is 5.56 Å². The van der Waals surface area contributed by atoms with Crippen LogP contribution in [0.1, 0.15) is 19.4 Å². The second kappa shape index (κ2) is 8.97. The lowest BCUT2D eigenvalue weighted by atomic mass is 10.2. The Morgan fingerprint density at radius 2 is 1.44 bits per heavy atom. The summed E-state index contributed by atoms with van der Waals surface area (Å²) in [7, 11) is 1.74. The van der Waals surface area contributed by atoms with Gasteiger partial charge in [-0.2, -0.15) is 0 Å². The van der Waals surface area contributed by atoms with E-state index in [2.05, 4.69) is 5.32 Å². The van der Waals surface area contributed by atoms with Crippen molar-refractivity contribution >= 4 is 11.7 Å². The summed E-state index contributed by atoms with van der Waals surface area (Å²) in [5.41, 5.74) is 2.01. The summed E-state index contributed by atoms with van der Waals surface area (Å²) in [4.78, 5) is 13.5. The molecule has 0 fully saturated rings. The third-order valence-corrected chi connectivity index (χ3v) is 3.58. The fraction of sp³-hybridized carbons (Fsp3) is 0.350. The molecule has 2 aromatic rings. The SMILES string of the molecule is Cc1ccc(OCCOc2ccc(N(C)C(=O)NC(C)C)cc2)cc1. The predicted molar refractivity (Wildman–Crippen MR) is 101 cm³/mol. The van der Waals surface area contributed by atoms with E-state index in [4.69, 9.17) is 9.47 Å². The van der Waals surface area contributed by atoms with Crippen molar-refractivity contribution < 1.29 is 14.3 Å². The standard InChI is InChI=1S/C20H26N2O3/c1-15(2)21-20(23)22(4)17-7-11-19(12-8-17)25-14-13-24-18-9-5-16(3)6-10-18/h5-12,15H,13-14H2,1-4H3,(H,21,23). The topological polar surface area (TPSA) is 50.8 Å². The Kier molecular flexibility index (Phi) is 6.69. The fourth-order valence-electron chi connectivity index (χ4n) is 2.18. The zero-order chi connectivity index (χ0) is 18.2. The Balaban J connectivity index is 1.78. The molecule has 0 aliphatic carbocycles. The molecule has 0 aliphatic rings. The smallest absolute Gasteiger partial charge is 0.321 e. The van der Waals surface area contributed by atoms with E-state index in [1.54, 1.807) is 11.9 Å². The van der Waals surface area contributed by atoms with Crippen LogP contribution in [0, 0.1) is 6.92 Å². The average molecular weight is 342 g/mol. The van der Waals surface area contributed by atoms with E-state index in [0.717, 1.165) is 17.2 Å². The molecule has 0 radical (unpaired) electrons. The van der Waals surface area contributed by atoms with E-state index in [9.17, 15) is 4.79 Å². The van der Waals surface area contributed by atoms with Crippen LogP contribution in [0.5, 0.6) is 11.5 Å². The number of ether oxygens (including phenoxy) is 2. The molecule has 0 spiro atoms. The van der Waals surface area contributed by atoms with Gasteiger partial charge in [-0.1, -0.05) is 17.7 Å². The van der Waals surface area contributed by atoms with Crippen LogP contribution in [0.4, 0.5) is 10.5 Å². The summed E-state index contributed by atoms with van der Waals surface area (Å²) in [5.74, 6) is 1.58. The van der Waals surface area contributed by atoms with Gasteiger partial charge in [0, 0.05) is 18.8 Å². The molecule has 25 heavy (non-hydrogen) atoms. The number of hydrogen-bond donors (Lipinski definition) is 1. The van der Waals surface area contributed by atoms with Crippen molar-refractivity contribution in [2.75, 3.05) is 25.2 Å². The van der Waals surface area contributed by atoms with Crippen LogP contribution in [-0.2, 0) is 0 Å². The lowest BCUT2D eigenvalue weighted by Crippen LogP contribution is -2.40. The average Bonchev–Trinajstić information content (AvgIpc) is 2.59. The minimum atomic E-state index is -0.129. The molecular weight excluding hydrogens is 316 g/mol. The number of anilines is 1. The van der Waals surface area contributed by atoms with Crippen LogP contribution in [0.15, 0.2) is 48.5 Å². The number of carbonyl (C=O) groups excluding carboxylic acids is 1. The van der Waals surface area contributed by atoms with Crippen molar-refractivity contribution in [2.24, 2.45) is 0 Å². The minimum absolute atomic E-state index is 0.103. The number of hydrogen-bond acceptors (Lipinski definition) is 3. The number of rotatable bonds is 7. The first-order valence-electron chi connectivity index (χ1n) is 8.42. The fourth-order valence-corrected chi connectivity index (χ4v) is 2.18. The number of carbonyl (C=O) groups is 1. The van der Waals surface area contributed by atoms with Gasteiger partial charge in [-0.25, -0.2) is 4.79 Å².